The molecule has 0 aromatic carbocycles. The molecule has 7 N–H and O–H groups in total. The molecular weight excluding hydrogens is 522 g/mol. The molecule has 0 aromatic heterocycles. The van der Waals surface area contributed by atoms with E-state index < -0.39 is 29.8 Å². The van der Waals surface area contributed by atoms with Crippen LogP contribution in [0, 0.1) is 49.4 Å². The van der Waals surface area contributed by atoms with E-state index >= 15 is 0 Å². The second kappa shape index (κ2) is 44.9. The first-order valence-electron chi connectivity index (χ1n) is 7.10. The van der Waals surface area contributed by atoms with E-state index in [0.29, 0.717) is 13.1 Å². The van der Waals surface area contributed by atoms with Crippen molar-refractivity contribution in [2.75, 3.05) is 26.2 Å². The molecule has 0 saturated heterocycles. The zero-order valence-corrected chi connectivity index (χ0v) is 18.9. The van der Waals surface area contributed by atoms with Crippen molar-refractivity contribution in [2.45, 2.75) is 34.6 Å². The molecule has 0 atom stereocenters. The number of carboxylic acid groups (broad SMARTS) is 5. The van der Waals surface area contributed by atoms with Crippen molar-refractivity contribution in [1.82, 2.24) is 5.32 Å². The minimum absolute atomic E-state index is 0. The van der Waals surface area contributed by atoms with E-state index in [1.165, 1.54) is 0 Å². The number of rotatable bonds is 4. The van der Waals surface area contributed by atoms with Crippen molar-refractivity contribution in [3.05, 3.63) is 0 Å². The first kappa shape index (κ1) is 45.5. The number of nitrogens with two attached hydrogens (primary N) is 2. The zero-order valence-electron chi connectivity index (χ0n) is 16.5. The SMILES string of the molecule is CC(=O)O.CC(=O)O.CC(=O)[O-].CC(=O)[O-].CC(=O)[O-].NCCNCCN.[Eu+3]. The molecule has 0 unspecified atom stereocenters. The summed E-state index contributed by atoms with van der Waals surface area (Å²) in [5, 5.41) is 44.5. The largest absolute Gasteiger partial charge is 3.00 e. The fourth-order valence-electron chi connectivity index (χ4n) is 0.329. The molecule has 168 valence electrons. The van der Waals surface area contributed by atoms with Gasteiger partial charge in [-0.2, -0.15) is 0 Å². The van der Waals surface area contributed by atoms with Gasteiger partial charge in [0.2, 0.25) is 0 Å². The standard InChI is InChI=1S/C4H13N3.5C2H4O2.Eu/c5-1-3-7-4-2-6;5*1-2(3)4;/h7H,1-6H2;5*1H3,(H,3,4);/q;;;;;;+3/p-3. The summed E-state index contributed by atoms with van der Waals surface area (Å²) in [5.74, 6) is -4.92. The van der Waals surface area contributed by atoms with Crippen molar-refractivity contribution >= 4 is 29.8 Å². The van der Waals surface area contributed by atoms with Crippen LogP contribution in [-0.4, -0.2) is 66.2 Å². The van der Waals surface area contributed by atoms with E-state index in [4.69, 9.17) is 61.0 Å². The van der Waals surface area contributed by atoms with E-state index in [1.54, 1.807) is 0 Å². The Morgan fingerprint density at radius 2 is 0.786 bits per heavy atom. The zero-order chi connectivity index (χ0) is 23.4. The molecule has 0 spiro atoms. The molecule has 0 aliphatic carbocycles. The summed E-state index contributed by atoms with van der Waals surface area (Å²) in [6.07, 6.45) is 0. The van der Waals surface area contributed by atoms with Crippen molar-refractivity contribution in [2.24, 2.45) is 11.5 Å². The number of nitrogens with one attached hydrogen (secondary N) is 1. The number of carbonyl (C=O) groups excluding carboxylic acids is 3. The fraction of sp³-hybridized carbons (Fsp3) is 0.643. The third kappa shape index (κ3) is 1780. The van der Waals surface area contributed by atoms with Crippen molar-refractivity contribution in [3.8, 4) is 0 Å². The van der Waals surface area contributed by atoms with Crippen LogP contribution in [-0.2, 0) is 24.0 Å². The number of carboxylic acids is 5. The van der Waals surface area contributed by atoms with Gasteiger partial charge in [0, 0.05) is 57.9 Å². The summed E-state index contributed by atoms with van der Waals surface area (Å²) < 4.78 is 0. The van der Waals surface area contributed by atoms with Crippen LogP contribution in [0.15, 0.2) is 0 Å². The molecule has 0 fully saturated rings. The third-order valence-corrected chi connectivity index (χ3v) is 0.642. The average molecular weight is 552 g/mol. The van der Waals surface area contributed by atoms with E-state index in [-0.39, 0.29) is 49.4 Å². The summed E-state index contributed by atoms with van der Waals surface area (Å²) in [6, 6.07) is 0. The van der Waals surface area contributed by atoms with Crippen LogP contribution in [0.2, 0.25) is 0 Å². The van der Waals surface area contributed by atoms with Gasteiger partial charge in [-0.15, -0.1) is 0 Å². The predicted octanol–water partition coefficient (Wildman–Crippen LogP) is -5.06. The van der Waals surface area contributed by atoms with Crippen LogP contribution in [0.25, 0.3) is 0 Å². The molecule has 0 radical (unpaired) electrons. The second-order valence-electron chi connectivity index (χ2n) is 3.84. The third-order valence-electron chi connectivity index (χ3n) is 0.642. The van der Waals surface area contributed by atoms with Crippen LogP contribution in [0.1, 0.15) is 34.6 Å². The van der Waals surface area contributed by atoms with E-state index in [0.717, 1.165) is 47.7 Å². The van der Waals surface area contributed by atoms with Gasteiger partial charge < -0.3 is 56.7 Å². The Hall–Kier alpha value is -1.19. The minimum atomic E-state index is -1.08. The Bertz CT molecular complexity index is 289. The van der Waals surface area contributed by atoms with Crippen molar-refractivity contribution in [3.63, 3.8) is 0 Å². The maximum absolute atomic E-state index is 9.00. The van der Waals surface area contributed by atoms with Crippen LogP contribution >= 0.6 is 0 Å². The van der Waals surface area contributed by atoms with E-state index in [9.17, 15) is 0 Å². The molecule has 0 heterocycles. The maximum Gasteiger partial charge on any atom is 3.00 e. The van der Waals surface area contributed by atoms with Crippen LogP contribution in [0.3, 0.4) is 0 Å². The van der Waals surface area contributed by atoms with Crippen LogP contribution in [0.4, 0.5) is 0 Å². The normalized spacial score (nSPS) is 6.82. The van der Waals surface area contributed by atoms with Gasteiger partial charge in [0.1, 0.15) is 0 Å². The van der Waals surface area contributed by atoms with E-state index in [2.05, 4.69) is 5.32 Å². The Morgan fingerprint density at radius 3 is 0.857 bits per heavy atom. The van der Waals surface area contributed by atoms with Crippen molar-refractivity contribution in [1.29, 1.82) is 0 Å². The predicted molar refractivity (Wildman–Crippen MR) is 89.6 cm³/mol. The first-order chi connectivity index (χ1) is 12.1. The van der Waals surface area contributed by atoms with Crippen LogP contribution in [0.5, 0.6) is 0 Å². The maximum atomic E-state index is 9.00. The molecule has 0 saturated carbocycles. The fourth-order valence-corrected chi connectivity index (χ4v) is 0.329. The minimum Gasteiger partial charge on any atom is -0.550 e. The smallest absolute Gasteiger partial charge is 0.550 e. The average Bonchev–Trinajstić information content (AvgIpc) is 2.35. The summed E-state index contributed by atoms with van der Waals surface area (Å²) in [4.78, 5) is 44.7. The van der Waals surface area contributed by atoms with Gasteiger partial charge in [0.15, 0.2) is 0 Å². The van der Waals surface area contributed by atoms with Gasteiger partial charge in [-0.05, 0) is 20.8 Å². The molecule has 0 aliphatic rings. The second-order valence-corrected chi connectivity index (χ2v) is 3.84. The van der Waals surface area contributed by atoms with Gasteiger partial charge in [0.05, 0.1) is 0 Å². The molecular formula is C14H30EuN3O10. The molecule has 13 nitrogen and oxygen atoms in total. The molecule has 0 aliphatic heterocycles. The molecule has 0 bridgehead atoms. The summed E-state index contributed by atoms with van der Waals surface area (Å²) >= 11 is 0. The van der Waals surface area contributed by atoms with Gasteiger partial charge in [-0.1, -0.05) is 0 Å². The van der Waals surface area contributed by atoms with Gasteiger partial charge in [-0.3, -0.25) is 9.59 Å². The monoisotopic (exact) mass is 553 g/mol. The summed E-state index contributed by atoms with van der Waals surface area (Å²) in [7, 11) is 0. The molecule has 0 amide bonds. The Labute approximate surface area is 205 Å². The molecule has 0 aromatic rings. The molecule has 28 heavy (non-hydrogen) atoms. The van der Waals surface area contributed by atoms with Gasteiger partial charge in [0.25, 0.3) is 11.9 Å². The number of carbonyl (C=O) groups is 5. The quantitative estimate of drug-likeness (QED) is 0.205. The van der Waals surface area contributed by atoms with Gasteiger partial charge in [-0.25, -0.2) is 0 Å². The van der Waals surface area contributed by atoms with Crippen LogP contribution < -0.4 is 32.1 Å². The number of aliphatic carboxylic acids is 5. The topological polar surface area (TPSA) is 259 Å². The first-order valence-corrected chi connectivity index (χ1v) is 7.10. The number of hydrogen-bond donors (Lipinski definition) is 5. The van der Waals surface area contributed by atoms with Crippen molar-refractivity contribution < 1.29 is 98.9 Å². The molecule has 0 rings (SSSR count). The number of hydrogen-bond acceptors (Lipinski definition) is 11. The summed E-state index contributed by atoms with van der Waals surface area (Å²) in [5.41, 5.74) is 10.3. The Balaban J connectivity index is -0.0000000382. The van der Waals surface area contributed by atoms with Gasteiger partial charge >= 0.3 is 49.4 Å². The summed E-state index contributed by atoms with van der Waals surface area (Å²) in [6.45, 7) is 8.22. The van der Waals surface area contributed by atoms with E-state index in [1.807, 2.05) is 0 Å². The molecule has 14 heteroatoms. The Morgan fingerprint density at radius 1 is 0.679 bits per heavy atom. The Kier molecular flexibility index (Phi) is 73.0.